The Bertz CT molecular complexity index is 1050. The number of esters is 1. The van der Waals surface area contributed by atoms with Gasteiger partial charge in [-0.15, -0.1) is 0 Å². The van der Waals surface area contributed by atoms with Crippen LogP contribution in [-0.2, 0) is 19.6 Å². The Hall–Kier alpha value is -2.13. The molecule has 162 valence electrons. The molecule has 2 aromatic rings. The van der Waals surface area contributed by atoms with Crippen LogP contribution in [0.15, 0.2) is 41.3 Å². The number of ether oxygens (including phenoxy) is 1. The van der Waals surface area contributed by atoms with Crippen LogP contribution in [0.25, 0.3) is 0 Å². The molecule has 1 N–H and O–H groups in total. The third kappa shape index (κ3) is 5.72. The van der Waals surface area contributed by atoms with Gasteiger partial charge >= 0.3 is 5.97 Å². The first-order valence-corrected chi connectivity index (χ1v) is 11.3. The second-order valence-corrected chi connectivity index (χ2v) is 9.10. The van der Waals surface area contributed by atoms with Crippen molar-refractivity contribution >= 4 is 50.8 Å². The molecule has 7 nitrogen and oxygen atoms in total. The Morgan fingerprint density at radius 1 is 1.07 bits per heavy atom. The van der Waals surface area contributed by atoms with Crippen LogP contribution in [0, 0.1) is 6.92 Å². The monoisotopic (exact) mass is 472 g/mol. The van der Waals surface area contributed by atoms with E-state index in [0.717, 1.165) is 0 Å². The lowest BCUT2D eigenvalue weighted by atomic mass is 10.1. The fourth-order valence-electron chi connectivity index (χ4n) is 2.68. The van der Waals surface area contributed by atoms with Crippen molar-refractivity contribution in [2.45, 2.75) is 25.7 Å². The first-order valence-electron chi connectivity index (χ1n) is 9.13. The SMILES string of the molecule is CCN(CC)S(=O)(=O)c1ccc(C)c(C(=O)OCC(=O)Nc2cc(Cl)ccc2Cl)c1. The number of anilines is 1. The normalized spacial score (nSPS) is 11.4. The lowest BCUT2D eigenvalue weighted by Gasteiger charge is -2.19. The highest BCUT2D eigenvalue weighted by Gasteiger charge is 2.24. The van der Waals surface area contributed by atoms with Crippen LogP contribution < -0.4 is 5.32 Å². The van der Waals surface area contributed by atoms with Gasteiger partial charge in [-0.1, -0.05) is 43.1 Å². The number of halogens is 2. The molecule has 0 saturated carbocycles. The van der Waals surface area contributed by atoms with Gasteiger partial charge in [0.25, 0.3) is 5.91 Å². The number of carbonyl (C=O) groups excluding carboxylic acids is 2. The molecule has 0 bridgehead atoms. The van der Waals surface area contributed by atoms with Crippen LogP contribution in [0.5, 0.6) is 0 Å². The van der Waals surface area contributed by atoms with Gasteiger partial charge in [-0.05, 0) is 42.8 Å². The molecule has 0 atom stereocenters. The Balaban J connectivity index is 2.13. The minimum absolute atomic E-state index is 0.0149. The van der Waals surface area contributed by atoms with Crippen molar-refractivity contribution in [3.05, 3.63) is 57.6 Å². The van der Waals surface area contributed by atoms with Crippen LogP contribution in [0.4, 0.5) is 5.69 Å². The van der Waals surface area contributed by atoms with E-state index in [1.807, 2.05) is 0 Å². The van der Waals surface area contributed by atoms with Crippen molar-refractivity contribution in [1.29, 1.82) is 0 Å². The summed E-state index contributed by atoms with van der Waals surface area (Å²) in [4.78, 5) is 24.6. The largest absolute Gasteiger partial charge is 0.452 e. The van der Waals surface area contributed by atoms with Crippen molar-refractivity contribution in [2.75, 3.05) is 25.0 Å². The maximum absolute atomic E-state index is 12.7. The smallest absolute Gasteiger partial charge is 0.338 e. The summed E-state index contributed by atoms with van der Waals surface area (Å²) in [7, 11) is -3.74. The third-order valence-corrected chi connectivity index (χ3v) is 6.92. The number of rotatable bonds is 8. The van der Waals surface area contributed by atoms with Gasteiger partial charge in [0.1, 0.15) is 0 Å². The molecule has 1 amide bonds. The van der Waals surface area contributed by atoms with Gasteiger partial charge in [-0.2, -0.15) is 4.31 Å². The fourth-order valence-corrected chi connectivity index (χ4v) is 4.50. The second kappa shape index (κ2) is 10.3. The topological polar surface area (TPSA) is 92.8 Å². The molecule has 2 rings (SSSR count). The first-order chi connectivity index (χ1) is 14.1. The average molecular weight is 473 g/mol. The lowest BCUT2D eigenvalue weighted by Crippen LogP contribution is -2.30. The number of carbonyl (C=O) groups is 2. The summed E-state index contributed by atoms with van der Waals surface area (Å²) in [6.45, 7) is 5.15. The number of aryl methyl sites for hydroxylation is 1. The molecule has 0 radical (unpaired) electrons. The van der Waals surface area contributed by atoms with E-state index >= 15 is 0 Å². The number of hydrogen-bond donors (Lipinski definition) is 1. The number of hydrogen-bond acceptors (Lipinski definition) is 5. The van der Waals surface area contributed by atoms with Crippen LogP contribution in [-0.4, -0.2) is 44.3 Å². The van der Waals surface area contributed by atoms with E-state index in [-0.39, 0.29) is 21.2 Å². The molecule has 0 aliphatic rings. The molecule has 0 aromatic heterocycles. The van der Waals surface area contributed by atoms with Crippen LogP contribution in [0.2, 0.25) is 10.0 Å². The standard InChI is InChI=1S/C20H22Cl2N2O5S/c1-4-24(5-2)30(27,28)15-8-6-13(3)16(11-15)20(26)29-12-19(25)23-18-10-14(21)7-9-17(18)22/h6-11H,4-5,12H2,1-3H3,(H,23,25). The van der Waals surface area contributed by atoms with E-state index in [4.69, 9.17) is 27.9 Å². The highest BCUT2D eigenvalue weighted by Crippen LogP contribution is 2.25. The number of amides is 1. The number of benzene rings is 2. The number of nitrogens with one attached hydrogen (secondary N) is 1. The molecule has 0 spiro atoms. The summed E-state index contributed by atoms with van der Waals surface area (Å²) in [5.74, 6) is -1.42. The molecule has 0 aliphatic heterocycles. The van der Waals surface area contributed by atoms with Gasteiger partial charge in [0.2, 0.25) is 10.0 Å². The van der Waals surface area contributed by atoms with Crippen LogP contribution >= 0.6 is 23.2 Å². The molecular weight excluding hydrogens is 451 g/mol. The fraction of sp³-hybridized carbons (Fsp3) is 0.300. The second-order valence-electron chi connectivity index (χ2n) is 6.31. The predicted octanol–water partition coefficient (Wildman–Crippen LogP) is 4.13. The highest BCUT2D eigenvalue weighted by molar-refractivity contribution is 7.89. The summed E-state index contributed by atoms with van der Waals surface area (Å²) >= 11 is 11.9. The molecule has 30 heavy (non-hydrogen) atoms. The van der Waals surface area contributed by atoms with E-state index in [2.05, 4.69) is 5.32 Å². The number of nitrogens with zero attached hydrogens (tertiary/aromatic N) is 1. The number of sulfonamides is 1. The Kier molecular flexibility index (Phi) is 8.25. The molecule has 0 fully saturated rings. The van der Waals surface area contributed by atoms with Gasteiger partial charge < -0.3 is 10.1 Å². The Morgan fingerprint density at radius 3 is 2.37 bits per heavy atom. The molecule has 0 heterocycles. The van der Waals surface area contributed by atoms with Crippen molar-refractivity contribution in [1.82, 2.24) is 4.31 Å². The molecule has 0 saturated heterocycles. The summed E-state index contributed by atoms with van der Waals surface area (Å²) < 4.78 is 31.7. The molecule has 0 unspecified atom stereocenters. The zero-order valence-electron chi connectivity index (χ0n) is 16.7. The van der Waals surface area contributed by atoms with E-state index in [9.17, 15) is 18.0 Å². The lowest BCUT2D eigenvalue weighted by molar-refractivity contribution is -0.119. The first kappa shape index (κ1) is 24.1. The summed E-state index contributed by atoms with van der Waals surface area (Å²) in [6, 6.07) is 8.79. The Morgan fingerprint density at radius 2 is 1.73 bits per heavy atom. The molecule has 2 aromatic carbocycles. The van der Waals surface area contributed by atoms with Gasteiger partial charge in [0, 0.05) is 18.1 Å². The maximum Gasteiger partial charge on any atom is 0.338 e. The van der Waals surface area contributed by atoms with E-state index < -0.39 is 28.5 Å². The summed E-state index contributed by atoms with van der Waals surface area (Å²) in [5, 5.41) is 3.17. The summed E-state index contributed by atoms with van der Waals surface area (Å²) in [5.41, 5.74) is 0.877. The van der Waals surface area contributed by atoms with E-state index in [1.54, 1.807) is 26.8 Å². The van der Waals surface area contributed by atoms with Crippen LogP contribution in [0.3, 0.4) is 0 Å². The van der Waals surface area contributed by atoms with Gasteiger partial charge in [-0.25, -0.2) is 13.2 Å². The van der Waals surface area contributed by atoms with Crippen molar-refractivity contribution in [2.24, 2.45) is 0 Å². The predicted molar refractivity (Wildman–Crippen MR) is 117 cm³/mol. The van der Waals surface area contributed by atoms with Gasteiger partial charge in [-0.3, -0.25) is 4.79 Å². The minimum Gasteiger partial charge on any atom is -0.452 e. The third-order valence-electron chi connectivity index (χ3n) is 4.31. The van der Waals surface area contributed by atoms with Crippen molar-refractivity contribution in [3.63, 3.8) is 0 Å². The van der Waals surface area contributed by atoms with Crippen molar-refractivity contribution < 1.29 is 22.7 Å². The van der Waals surface area contributed by atoms with Gasteiger partial charge in [0.15, 0.2) is 6.61 Å². The van der Waals surface area contributed by atoms with Gasteiger partial charge in [0.05, 0.1) is 21.2 Å². The molecular formula is C20H22Cl2N2O5S. The Labute approximate surface area is 186 Å². The van der Waals surface area contributed by atoms with E-state index in [0.29, 0.717) is 23.7 Å². The van der Waals surface area contributed by atoms with Crippen molar-refractivity contribution in [3.8, 4) is 0 Å². The average Bonchev–Trinajstić information content (AvgIpc) is 2.69. The highest BCUT2D eigenvalue weighted by atomic mass is 35.5. The zero-order valence-corrected chi connectivity index (χ0v) is 19.1. The summed E-state index contributed by atoms with van der Waals surface area (Å²) in [6.07, 6.45) is 0. The quantitative estimate of drug-likeness (QED) is 0.582. The van der Waals surface area contributed by atoms with E-state index in [1.165, 1.54) is 34.6 Å². The molecule has 0 aliphatic carbocycles. The zero-order chi connectivity index (χ0) is 22.5. The van der Waals surface area contributed by atoms with Crippen LogP contribution in [0.1, 0.15) is 29.8 Å². The minimum atomic E-state index is -3.74. The maximum atomic E-state index is 12.7. The molecule has 10 heteroatoms.